The number of rotatable bonds is 1. The Morgan fingerprint density at radius 1 is 1.10 bits per heavy atom. The molecule has 2 N–H and O–H groups in total. The molecule has 4 heteroatoms. The molecule has 112 valence electrons. The van der Waals surface area contributed by atoms with E-state index in [9.17, 15) is 9.18 Å². The van der Waals surface area contributed by atoms with Crippen molar-refractivity contribution in [1.82, 2.24) is 0 Å². The zero-order chi connectivity index (χ0) is 15.7. The van der Waals surface area contributed by atoms with Gasteiger partial charge in [-0.3, -0.25) is 4.79 Å². The Morgan fingerprint density at radius 2 is 1.57 bits per heavy atom. The van der Waals surface area contributed by atoms with E-state index in [0.29, 0.717) is 5.56 Å². The second-order valence-electron chi connectivity index (χ2n) is 4.65. The number of primary amides is 1. The molecule has 1 amide bonds. The van der Waals surface area contributed by atoms with Gasteiger partial charge < -0.3 is 5.73 Å². The maximum Gasteiger partial charge on any atom is 0.248 e. The van der Waals surface area contributed by atoms with E-state index in [1.54, 1.807) is 12.1 Å². The average molecular weight is 308 g/mol. The second kappa shape index (κ2) is 9.14. The maximum atomic E-state index is 11.1. The Bertz CT molecular complexity index is 556. The minimum Gasteiger partial charge on any atom is -0.366 e. The molecule has 0 atom stereocenters. The number of hydrogen-bond acceptors (Lipinski definition) is 1. The number of amides is 1. The Labute approximate surface area is 129 Å². The van der Waals surface area contributed by atoms with Gasteiger partial charge in [-0.05, 0) is 43.5 Å². The van der Waals surface area contributed by atoms with Crippen LogP contribution < -0.4 is 5.73 Å². The van der Waals surface area contributed by atoms with Gasteiger partial charge in [-0.15, -0.1) is 0 Å². The zero-order valence-electron chi connectivity index (χ0n) is 11.9. The lowest BCUT2D eigenvalue weighted by Gasteiger charge is -1.97. The summed E-state index contributed by atoms with van der Waals surface area (Å²) in [5.41, 5.74) is 6.60. The van der Waals surface area contributed by atoms with E-state index < -0.39 is 6.17 Å². The summed E-state index contributed by atoms with van der Waals surface area (Å²) in [5.74, 6) is -0.363. The van der Waals surface area contributed by atoms with Crippen molar-refractivity contribution in [3.05, 3.63) is 70.7 Å². The van der Waals surface area contributed by atoms with Crippen molar-refractivity contribution in [2.75, 3.05) is 0 Å². The van der Waals surface area contributed by atoms with Crippen molar-refractivity contribution in [3.8, 4) is 0 Å². The van der Waals surface area contributed by atoms with Crippen LogP contribution in [0.25, 0.3) is 0 Å². The first-order valence-corrected chi connectivity index (χ1v) is 7.08. The highest BCUT2D eigenvalue weighted by Gasteiger charge is 2.18. The van der Waals surface area contributed by atoms with Crippen LogP contribution in [-0.2, 0) is 0 Å². The zero-order valence-corrected chi connectivity index (χ0v) is 12.7. The molecule has 21 heavy (non-hydrogen) atoms. The Hall–Kier alpha value is -1.87. The third-order valence-corrected chi connectivity index (χ3v) is 2.90. The predicted molar refractivity (Wildman–Crippen MR) is 85.3 cm³/mol. The summed E-state index contributed by atoms with van der Waals surface area (Å²) in [6.45, 7) is 1.86. The van der Waals surface area contributed by atoms with Gasteiger partial charge in [-0.1, -0.05) is 48.0 Å². The summed E-state index contributed by atoms with van der Waals surface area (Å²) in [4.78, 5) is 10.6. The van der Waals surface area contributed by atoms with Gasteiger partial charge >= 0.3 is 0 Å². The van der Waals surface area contributed by atoms with Crippen LogP contribution in [0, 0.1) is 6.92 Å². The SMILES string of the molecule is Cc1ccccc1C(N)=O.Clc1ccccc1.FC1CC1. The molecule has 3 rings (SSSR count). The van der Waals surface area contributed by atoms with E-state index in [-0.39, 0.29) is 5.91 Å². The largest absolute Gasteiger partial charge is 0.366 e. The topological polar surface area (TPSA) is 43.1 Å². The van der Waals surface area contributed by atoms with Crippen molar-refractivity contribution < 1.29 is 9.18 Å². The molecule has 0 aliphatic heterocycles. The van der Waals surface area contributed by atoms with Crippen LogP contribution in [-0.4, -0.2) is 12.1 Å². The van der Waals surface area contributed by atoms with Gasteiger partial charge in [0, 0.05) is 10.6 Å². The van der Waals surface area contributed by atoms with E-state index in [1.165, 1.54) is 0 Å². The molecule has 0 bridgehead atoms. The predicted octanol–water partition coefficient (Wildman–Crippen LogP) is 4.55. The number of alkyl halides is 1. The highest BCUT2D eigenvalue weighted by atomic mass is 35.5. The van der Waals surface area contributed by atoms with E-state index in [4.69, 9.17) is 17.3 Å². The Morgan fingerprint density at radius 3 is 1.86 bits per heavy atom. The van der Waals surface area contributed by atoms with Gasteiger partial charge in [0.25, 0.3) is 0 Å². The van der Waals surface area contributed by atoms with Gasteiger partial charge in [0.15, 0.2) is 0 Å². The molecule has 1 aliphatic carbocycles. The first-order chi connectivity index (χ1) is 10.0. The van der Waals surface area contributed by atoms with Crippen molar-refractivity contribution >= 4 is 17.5 Å². The summed E-state index contributed by atoms with van der Waals surface area (Å²) < 4.78 is 11.1. The van der Waals surface area contributed by atoms with Crippen LogP contribution in [0.2, 0.25) is 5.02 Å². The fourth-order valence-corrected chi connectivity index (χ4v) is 1.47. The van der Waals surface area contributed by atoms with Crippen LogP contribution in [0.15, 0.2) is 54.6 Å². The number of halogens is 2. The standard InChI is InChI=1S/C8H9NO.C6H5Cl.C3H5F/c1-6-4-2-3-5-7(6)8(9)10;7-6-4-2-1-3-5-6;4-3-1-2-3/h2-5H,1H3,(H2,9,10);1-5H;3H,1-2H2. The molecule has 0 unspecified atom stereocenters. The molecule has 0 heterocycles. The van der Waals surface area contributed by atoms with Crippen molar-refractivity contribution in [3.63, 3.8) is 0 Å². The molecule has 0 saturated heterocycles. The van der Waals surface area contributed by atoms with Crippen LogP contribution >= 0.6 is 11.6 Å². The highest BCUT2D eigenvalue weighted by molar-refractivity contribution is 6.30. The number of carbonyl (C=O) groups excluding carboxylic acids is 1. The Balaban J connectivity index is 0.000000173. The van der Waals surface area contributed by atoms with Gasteiger partial charge in [-0.2, -0.15) is 0 Å². The van der Waals surface area contributed by atoms with Gasteiger partial charge in [0.2, 0.25) is 5.91 Å². The van der Waals surface area contributed by atoms with Crippen molar-refractivity contribution in [1.29, 1.82) is 0 Å². The van der Waals surface area contributed by atoms with Gasteiger partial charge in [0.05, 0.1) is 0 Å². The summed E-state index contributed by atoms with van der Waals surface area (Å²) in [5, 5.41) is 0.794. The molecule has 2 aromatic rings. The highest BCUT2D eigenvalue weighted by Crippen LogP contribution is 2.22. The van der Waals surface area contributed by atoms with Crippen molar-refractivity contribution in [2.45, 2.75) is 25.9 Å². The molecule has 1 saturated carbocycles. The number of nitrogens with two attached hydrogens (primary N) is 1. The molecule has 0 radical (unpaired) electrons. The minimum absolute atomic E-state index is 0.363. The monoisotopic (exact) mass is 307 g/mol. The molecule has 1 fully saturated rings. The smallest absolute Gasteiger partial charge is 0.248 e. The first kappa shape index (κ1) is 17.2. The average Bonchev–Trinajstić information content (AvgIpc) is 3.24. The quantitative estimate of drug-likeness (QED) is 0.825. The number of benzene rings is 2. The van der Waals surface area contributed by atoms with E-state index in [2.05, 4.69) is 0 Å². The molecular formula is C17H19ClFNO. The van der Waals surface area contributed by atoms with E-state index >= 15 is 0 Å². The molecule has 1 aliphatic rings. The fraction of sp³-hybridized carbons (Fsp3) is 0.235. The van der Waals surface area contributed by atoms with Crippen LogP contribution in [0.1, 0.15) is 28.8 Å². The third-order valence-electron chi connectivity index (χ3n) is 2.65. The number of hydrogen-bond donors (Lipinski definition) is 1. The van der Waals surface area contributed by atoms with Crippen LogP contribution in [0.3, 0.4) is 0 Å². The molecule has 2 aromatic carbocycles. The van der Waals surface area contributed by atoms with Crippen LogP contribution in [0.4, 0.5) is 4.39 Å². The lowest BCUT2D eigenvalue weighted by atomic mass is 10.1. The molecule has 0 spiro atoms. The molecule has 0 aromatic heterocycles. The number of carbonyl (C=O) groups is 1. The summed E-state index contributed by atoms with van der Waals surface area (Å²) in [7, 11) is 0. The van der Waals surface area contributed by atoms with Gasteiger partial charge in [-0.25, -0.2) is 4.39 Å². The lowest BCUT2D eigenvalue weighted by Crippen LogP contribution is -2.12. The van der Waals surface area contributed by atoms with E-state index in [1.807, 2.05) is 49.4 Å². The molecule has 2 nitrogen and oxygen atoms in total. The lowest BCUT2D eigenvalue weighted by molar-refractivity contribution is 0.0999. The van der Waals surface area contributed by atoms with Gasteiger partial charge in [0.1, 0.15) is 6.17 Å². The van der Waals surface area contributed by atoms with Crippen LogP contribution in [0.5, 0.6) is 0 Å². The summed E-state index contributed by atoms with van der Waals surface area (Å²) in [6, 6.07) is 16.7. The van der Waals surface area contributed by atoms with E-state index in [0.717, 1.165) is 23.4 Å². The summed E-state index contributed by atoms with van der Waals surface area (Å²) >= 11 is 5.54. The normalized spacial score (nSPS) is 12.3. The summed E-state index contributed by atoms with van der Waals surface area (Å²) in [6.07, 6.45) is 1.22. The maximum absolute atomic E-state index is 11.1. The molecular weight excluding hydrogens is 289 g/mol. The first-order valence-electron chi connectivity index (χ1n) is 6.70. The van der Waals surface area contributed by atoms with Crippen molar-refractivity contribution in [2.24, 2.45) is 5.73 Å². The fourth-order valence-electron chi connectivity index (χ4n) is 1.33. The Kier molecular flexibility index (Phi) is 7.48. The second-order valence-corrected chi connectivity index (χ2v) is 5.09. The minimum atomic E-state index is -0.417. The number of aryl methyl sites for hydroxylation is 1. The third kappa shape index (κ3) is 8.10.